The summed E-state index contributed by atoms with van der Waals surface area (Å²) in [6.45, 7) is 27.7. The third kappa shape index (κ3) is 8.07. The molecule has 0 saturated carbocycles. The molecule has 334 valence electrons. The van der Waals surface area contributed by atoms with E-state index in [9.17, 15) is 0 Å². The molecule has 0 unspecified atom stereocenters. The monoisotopic (exact) mass is 875 g/mol. The summed E-state index contributed by atoms with van der Waals surface area (Å²) in [7, 11) is 0. The van der Waals surface area contributed by atoms with E-state index in [1.807, 2.05) is 6.07 Å². The molecular weight excluding hydrogens is 812 g/mol. The van der Waals surface area contributed by atoms with Crippen LogP contribution < -0.4 is 26.2 Å². The Labute approximate surface area is 399 Å². The molecule has 0 saturated heterocycles. The van der Waals surface area contributed by atoms with Gasteiger partial charge in [0.1, 0.15) is 0 Å². The lowest BCUT2D eigenvalue weighted by Crippen LogP contribution is -2.61. The van der Waals surface area contributed by atoms with Crippen LogP contribution in [0.25, 0.3) is 33.9 Å². The highest BCUT2D eigenvalue weighted by Gasteiger charge is 2.45. The van der Waals surface area contributed by atoms with Gasteiger partial charge in [-0.15, -0.1) is 0 Å². The Hall–Kier alpha value is -6.72. The van der Waals surface area contributed by atoms with Gasteiger partial charge in [0.2, 0.25) is 0 Å². The van der Waals surface area contributed by atoms with Gasteiger partial charge in [0.05, 0.1) is 11.4 Å². The Morgan fingerprint density at radius 2 is 0.716 bits per heavy atom. The zero-order valence-electron chi connectivity index (χ0n) is 41.5. The highest BCUT2D eigenvalue weighted by Crippen LogP contribution is 2.47. The van der Waals surface area contributed by atoms with Crippen molar-refractivity contribution in [3.63, 3.8) is 0 Å². The smallest absolute Gasteiger partial charge is 0.252 e. The van der Waals surface area contributed by atoms with Crippen LogP contribution in [0.15, 0.2) is 164 Å². The van der Waals surface area contributed by atoms with E-state index < -0.39 is 0 Å². The maximum absolute atomic E-state index is 5.45. The maximum Gasteiger partial charge on any atom is 0.252 e. The van der Waals surface area contributed by atoms with Gasteiger partial charge in [0.15, 0.2) is 5.82 Å². The van der Waals surface area contributed by atoms with Crippen molar-refractivity contribution in [1.29, 1.82) is 0 Å². The van der Waals surface area contributed by atoms with Crippen molar-refractivity contribution in [3.05, 3.63) is 186 Å². The summed E-state index contributed by atoms with van der Waals surface area (Å²) in [6.07, 6.45) is 0. The first-order valence-corrected chi connectivity index (χ1v) is 24.0. The number of hydrogen-bond acceptors (Lipinski definition) is 4. The first-order chi connectivity index (χ1) is 31.7. The van der Waals surface area contributed by atoms with E-state index in [2.05, 4.69) is 251 Å². The predicted molar refractivity (Wildman–Crippen MR) is 287 cm³/mol. The summed E-state index contributed by atoms with van der Waals surface area (Å²) in [5.41, 5.74) is 20.9. The number of benzene rings is 7. The lowest BCUT2D eigenvalue weighted by Gasteiger charge is -2.45. The van der Waals surface area contributed by atoms with E-state index in [1.54, 1.807) is 0 Å². The van der Waals surface area contributed by atoms with Crippen molar-refractivity contribution < 1.29 is 0 Å². The molecule has 0 atom stereocenters. The Bertz CT molecular complexity index is 2940. The quantitative estimate of drug-likeness (QED) is 0.161. The molecule has 8 aromatic rings. The molecule has 3 heterocycles. The number of aromatic nitrogens is 2. The third-order valence-electron chi connectivity index (χ3n) is 13.9. The summed E-state index contributed by atoms with van der Waals surface area (Å²) in [5, 5.41) is 0. The van der Waals surface area contributed by atoms with Gasteiger partial charge in [-0.05, 0) is 115 Å². The summed E-state index contributed by atoms with van der Waals surface area (Å²) in [6, 6.07) is 61.0. The van der Waals surface area contributed by atoms with Gasteiger partial charge in [0.25, 0.3) is 6.71 Å². The van der Waals surface area contributed by atoms with E-state index in [4.69, 9.17) is 9.97 Å². The fourth-order valence-corrected chi connectivity index (χ4v) is 9.93. The molecule has 0 fully saturated rings. The van der Waals surface area contributed by atoms with Crippen molar-refractivity contribution >= 4 is 57.2 Å². The van der Waals surface area contributed by atoms with Crippen LogP contribution in [0.4, 0.5) is 34.1 Å². The van der Waals surface area contributed by atoms with E-state index >= 15 is 0 Å². The number of anilines is 6. The SMILES string of the molecule is CC(C)(C)c1ccc(N2c3ccc(C(C)(C)C)cc3B3c4cc(C(C)(C)C)ccc4N(c4ccc(C(C)(C)C)cc4)c4cc(-c5cc(-c6ccccc6)nc(-c6ccccc6)n5)cc2c43)cc1. The third-order valence-corrected chi connectivity index (χ3v) is 13.9. The van der Waals surface area contributed by atoms with Crippen molar-refractivity contribution in [2.45, 2.75) is 105 Å². The molecule has 7 aromatic carbocycles. The van der Waals surface area contributed by atoms with Crippen LogP contribution >= 0.6 is 0 Å². The highest BCUT2D eigenvalue weighted by molar-refractivity contribution is 7.00. The van der Waals surface area contributed by atoms with Gasteiger partial charge in [0, 0.05) is 50.8 Å². The van der Waals surface area contributed by atoms with Gasteiger partial charge in [-0.3, -0.25) is 0 Å². The summed E-state index contributed by atoms with van der Waals surface area (Å²) in [5.74, 6) is 0.700. The Morgan fingerprint density at radius 1 is 0.343 bits per heavy atom. The average Bonchev–Trinajstić information content (AvgIpc) is 3.30. The number of fused-ring (bicyclic) bond motifs is 4. The molecule has 0 amide bonds. The summed E-state index contributed by atoms with van der Waals surface area (Å²) >= 11 is 0. The number of hydrogen-bond donors (Lipinski definition) is 0. The largest absolute Gasteiger partial charge is 0.311 e. The van der Waals surface area contributed by atoms with E-state index in [1.165, 1.54) is 50.0 Å². The van der Waals surface area contributed by atoms with Crippen molar-refractivity contribution in [2.24, 2.45) is 0 Å². The molecular formula is C62H63BN4. The molecule has 10 rings (SSSR count). The van der Waals surface area contributed by atoms with Crippen LogP contribution in [0.2, 0.25) is 0 Å². The minimum atomic E-state index is -0.0489. The number of nitrogens with zero attached hydrogens (tertiary/aromatic N) is 4. The van der Waals surface area contributed by atoms with E-state index in [0.717, 1.165) is 50.8 Å². The van der Waals surface area contributed by atoms with Crippen LogP contribution in [0.3, 0.4) is 0 Å². The molecule has 4 nitrogen and oxygen atoms in total. The van der Waals surface area contributed by atoms with Crippen LogP contribution in [0.1, 0.15) is 105 Å². The van der Waals surface area contributed by atoms with E-state index in [0.29, 0.717) is 5.82 Å². The van der Waals surface area contributed by atoms with E-state index in [-0.39, 0.29) is 28.4 Å². The second-order valence-electron chi connectivity index (χ2n) is 22.9. The average molecular weight is 875 g/mol. The molecule has 67 heavy (non-hydrogen) atoms. The highest BCUT2D eigenvalue weighted by atomic mass is 15.2. The van der Waals surface area contributed by atoms with Crippen molar-refractivity contribution in [1.82, 2.24) is 9.97 Å². The minimum Gasteiger partial charge on any atom is -0.311 e. The topological polar surface area (TPSA) is 32.3 Å². The van der Waals surface area contributed by atoms with Gasteiger partial charge < -0.3 is 9.80 Å². The summed E-state index contributed by atoms with van der Waals surface area (Å²) < 4.78 is 0. The molecule has 0 spiro atoms. The summed E-state index contributed by atoms with van der Waals surface area (Å²) in [4.78, 5) is 15.7. The zero-order valence-corrected chi connectivity index (χ0v) is 41.5. The van der Waals surface area contributed by atoms with Crippen molar-refractivity contribution in [2.75, 3.05) is 9.80 Å². The molecule has 0 radical (unpaired) electrons. The standard InChI is InChI=1S/C62H63BN4/c1-59(2,3)43-23-29-47(30-24-43)66-53-33-27-45(61(7,8)9)37-49(53)63-50-38-46(62(10,11)12)28-34-54(50)67(48-31-25-44(26-32-48)60(4,5)6)56-36-42(35-55(66)57(56)63)52-39-51(40-19-15-13-16-20-40)64-58(65-52)41-21-17-14-18-22-41/h13-39H,1-12H3. The predicted octanol–water partition coefficient (Wildman–Crippen LogP) is 14.8. The van der Waals surface area contributed by atoms with Crippen molar-refractivity contribution in [3.8, 4) is 33.9 Å². The fourth-order valence-electron chi connectivity index (χ4n) is 9.93. The Kier molecular flexibility index (Phi) is 10.5. The first-order valence-electron chi connectivity index (χ1n) is 24.0. The van der Waals surface area contributed by atoms with Gasteiger partial charge in [-0.25, -0.2) is 9.97 Å². The lowest BCUT2D eigenvalue weighted by atomic mass is 9.33. The second kappa shape index (κ2) is 16.0. The Morgan fingerprint density at radius 3 is 1.12 bits per heavy atom. The molecule has 2 aliphatic rings. The normalized spacial score (nSPS) is 13.6. The van der Waals surface area contributed by atoms with Gasteiger partial charge in [-0.2, -0.15) is 0 Å². The minimum absolute atomic E-state index is 0.0154. The van der Waals surface area contributed by atoms with Crippen LogP contribution in [-0.2, 0) is 21.7 Å². The first kappa shape index (κ1) is 44.1. The fraction of sp³-hybridized carbons (Fsp3) is 0.258. The Balaban J connectivity index is 1.33. The van der Waals surface area contributed by atoms with Gasteiger partial charge in [-0.1, -0.05) is 192 Å². The zero-order chi connectivity index (χ0) is 47.2. The number of rotatable bonds is 5. The van der Waals surface area contributed by atoms with Crippen LogP contribution in [0.5, 0.6) is 0 Å². The molecule has 1 aromatic heterocycles. The second-order valence-corrected chi connectivity index (χ2v) is 22.9. The molecule has 5 heteroatoms. The maximum atomic E-state index is 5.45. The van der Waals surface area contributed by atoms with Crippen LogP contribution in [0, 0.1) is 0 Å². The van der Waals surface area contributed by atoms with Gasteiger partial charge >= 0.3 is 0 Å². The lowest BCUT2D eigenvalue weighted by molar-refractivity contribution is 0.590. The van der Waals surface area contributed by atoms with Crippen LogP contribution in [-0.4, -0.2) is 16.7 Å². The molecule has 0 N–H and O–H groups in total. The molecule has 0 bridgehead atoms. The molecule has 0 aliphatic carbocycles. The molecule has 2 aliphatic heterocycles.